The first-order valence-electron chi connectivity index (χ1n) is 8.18. The van der Waals surface area contributed by atoms with Crippen LogP contribution in [0, 0.1) is 5.41 Å². The molecular formula is C16H33N3. The molecule has 0 aromatic carbocycles. The third-order valence-electron chi connectivity index (χ3n) is 5.61. The van der Waals surface area contributed by atoms with Crippen molar-refractivity contribution in [1.29, 1.82) is 0 Å². The minimum Gasteiger partial charge on any atom is -0.315 e. The maximum atomic E-state index is 3.60. The van der Waals surface area contributed by atoms with Gasteiger partial charge in [0.05, 0.1) is 0 Å². The van der Waals surface area contributed by atoms with Crippen LogP contribution in [0.1, 0.15) is 47.0 Å². The molecule has 1 aliphatic heterocycles. The van der Waals surface area contributed by atoms with Gasteiger partial charge in [-0.3, -0.25) is 9.80 Å². The van der Waals surface area contributed by atoms with Crippen molar-refractivity contribution in [3.8, 4) is 0 Å². The second kappa shape index (κ2) is 6.11. The Morgan fingerprint density at radius 3 is 2.47 bits per heavy atom. The van der Waals surface area contributed by atoms with Gasteiger partial charge >= 0.3 is 0 Å². The molecule has 3 unspecified atom stereocenters. The zero-order valence-corrected chi connectivity index (χ0v) is 13.6. The van der Waals surface area contributed by atoms with Crippen LogP contribution in [0.5, 0.6) is 0 Å². The van der Waals surface area contributed by atoms with E-state index >= 15 is 0 Å². The second-order valence-electron chi connectivity index (χ2n) is 7.02. The van der Waals surface area contributed by atoms with E-state index in [2.05, 4.69) is 49.9 Å². The predicted octanol–water partition coefficient (Wildman–Crippen LogP) is 2.18. The standard InChI is InChI=1S/C16H33N3/c1-6-18(7-2)13-9-11-19(12-13)14-8-10-16(3,4)15(14)17-5/h13-15,17H,6-12H2,1-5H3. The minimum atomic E-state index is 0.451. The highest BCUT2D eigenvalue weighted by atomic mass is 15.3. The van der Waals surface area contributed by atoms with Crippen LogP contribution in [0.2, 0.25) is 0 Å². The van der Waals surface area contributed by atoms with Crippen LogP contribution in [0.4, 0.5) is 0 Å². The van der Waals surface area contributed by atoms with Gasteiger partial charge in [0.1, 0.15) is 0 Å². The molecular weight excluding hydrogens is 234 g/mol. The zero-order chi connectivity index (χ0) is 14.0. The summed E-state index contributed by atoms with van der Waals surface area (Å²) in [6.07, 6.45) is 4.08. The highest BCUT2D eigenvalue weighted by molar-refractivity contribution is 5.02. The highest BCUT2D eigenvalue weighted by Gasteiger charge is 2.45. The van der Waals surface area contributed by atoms with Gasteiger partial charge in [-0.15, -0.1) is 0 Å². The van der Waals surface area contributed by atoms with Gasteiger partial charge in [-0.25, -0.2) is 0 Å². The van der Waals surface area contributed by atoms with Crippen LogP contribution in [0.25, 0.3) is 0 Å². The van der Waals surface area contributed by atoms with E-state index in [1.165, 1.54) is 45.4 Å². The maximum Gasteiger partial charge on any atom is 0.0271 e. The molecule has 1 saturated carbocycles. The lowest BCUT2D eigenvalue weighted by molar-refractivity contribution is 0.155. The molecule has 0 bridgehead atoms. The largest absolute Gasteiger partial charge is 0.315 e. The van der Waals surface area contributed by atoms with Gasteiger partial charge in [0.15, 0.2) is 0 Å². The van der Waals surface area contributed by atoms with Crippen LogP contribution in [-0.2, 0) is 0 Å². The van der Waals surface area contributed by atoms with Crippen LogP contribution >= 0.6 is 0 Å². The minimum absolute atomic E-state index is 0.451. The lowest BCUT2D eigenvalue weighted by Gasteiger charge is -2.35. The smallest absolute Gasteiger partial charge is 0.0271 e. The number of hydrogen-bond donors (Lipinski definition) is 1. The SMILES string of the molecule is CCN(CC)C1CCN(C2CCC(C)(C)C2NC)C1. The summed E-state index contributed by atoms with van der Waals surface area (Å²) in [4.78, 5) is 5.40. The maximum absolute atomic E-state index is 3.60. The number of rotatable bonds is 5. The van der Waals surface area contributed by atoms with Crippen LogP contribution in [-0.4, -0.2) is 61.2 Å². The van der Waals surface area contributed by atoms with Crippen LogP contribution in [0.3, 0.4) is 0 Å². The van der Waals surface area contributed by atoms with Gasteiger partial charge in [-0.2, -0.15) is 0 Å². The van der Waals surface area contributed by atoms with Gasteiger partial charge in [0, 0.05) is 31.2 Å². The monoisotopic (exact) mass is 267 g/mol. The average Bonchev–Trinajstić information content (AvgIpc) is 2.95. The van der Waals surface area contributed by atoms with E-state index in [0.29, 0.717) is 11.5 Å². The molecule has 1 N–H and O–H groups in total. The summed E-state index contributed by atoms with van der Waals surface area (Å²) in [6.45, 7) is 14.4. The molecule has 0 aromatic rings. The Morgan fingerprint density at radius 1 is 1.21 bits per heavy atom. The average molecular weight is 267 g/mol. The van der Waals surface area contributed by atoms with E-state index in [9.17, 15) is 0 Å². The van der Waals surface area contributed by atoms with Crippen LogP contribution < -0.4 is 5.32 Å². The zero-order valence-electron chi connectivity index (χ0n) is 13.6. The molecule has 1 aliphatic carbocycles. The first kappa shape index (κ1) is 15.3. The molecule has 0 aromatic heterocycles. The Hall–Kier alpha value is -0.120. The molecule has 2 fully saturated rings. The Kier molecular flexibility index (Phi) is 4.91. The Labute approximate surface area is 119 Å². The summed E-state index contributed by atoms with van der Waals surface area (Å²) in [7, 11) is 2.14. The van der Waals surface area contributed by atoms with E-state index < -0.39 is 0 Å². The molecule has 2 rings (SSSR count). The van der Waals surface area contributed by atoms with E-state index in [-0.39, 0.29) is 0 Å². The van der Waals surface area contributed by atoms with Crippen molar-refractivity contribution in [3.63, 3.8) is 0 Å². The molecule has 3 heteroatoms. The Balaban J connectivity index is 1.97. The topological polar surface area (TPSA) is 18.5 Å². The Morgan fingerprint density at radius 2 is 1.89 bits per heavy atom. The van der Waals surface area contributed by atoms with E-state index in [0.717, 1.165) is 12.1 Å². The fraction of sp³-hybridized carbons (Fsp3) is 1.00. The van der Waals surface area contributed by atoms with Crippen molar-refractivity contribution in [2.45, 2.75) is 65.1 Å². The van der Waals surface area contributed by atoms with E-state index in [1.807, 2.05) is 0 Å². The van der Waals surface area contributed by atoms with Crippen LogP contribution in [0.15, 0.2) is 0 Å². The van der Waals surface area contributed by atoms with Gasteiger partial charge in [0.2, 0.25) is 0 Å². The molecule has 1 heterocycles. The predicted molar refractivity (Wildman–Crippen MR) is 82.5 cm³/mol. The number of hydrogen-bond acceptors (Lipinski definition) is 3. The van der Waals surface area contributed by atoms with Gasteiger partial charge < -0.3 is 5.32 Å². The first-order chi connectivity index (χ1) is 9.03. The summed E-state index contributed by atoms with van der Waals surface area (Å²) in [5.41, 5.74) is 0.451. The van der Waals surface area contributed by atoms with Gasteiger partial charge in [-0.1, -0.05) is 27.7 Å². The van der Waals surface area contributed by atoms with Crippen molar-refractivity contribution < 1.29 is 0 Å². The lowest BCUT2D eigenvalue weighted by Crippen LogP contribution is -2.50. The van der Waals surface area contributed by atoms with E-state index in [4.69, 9.17) is 0 Å². The van der Waals surface area contributed by atoms with Crippen molar-refractivity contribution in [1.82, 2.24) is 15.1 Å². The summed E-state index contributed by atoms with van der Waals surface area (Å²) < 4.78 is 0. The van der Waals surface area contributed by atoms with Crippen molar-refractivity contribution >= 4 is 0 Å². The van der Waals surface area contributed by atoms with Crippen molar-refractivity contribution in [2.75, 3.05) is 33.2 Å². The van der Waals surface area contributed by atoms with E-state index in [1.54, 1.807) is 0 Å². The third kappa shape index (κ3) is 2.98. The second-order valence-corrected chi connectivity index (χ2v) is 7.02. The molecule has 19 heavy (non-hydrogen) atoms. The fourth-order valence-electron chi connectivity index (χ4n) is 4.45. The molecule has 0 spiro atoms. The molecule has 3 nitrogen and oxygen atoms in total. The molecule has 2 aliphatic rings. The quantitative estimate of drug-likeness (QED) is 0.824. The summed E-state index contributed by atoms with van der Waals surface area (Å²) in [5, 5.41) is 3.60. The number of nitrogens with one attached hydrogen (secondary N) is 1. The summed E-state index contributed by atoms with van der Waals surface area (Å²) in [6, 6.07) is 2.19. The fourth-order valence-corrected chi connectivity index (χ4v) is 4.45. The van der Waals surface area contributed by atoms with Gasteiger partial charge in [-0.05, 0) is 44.8 Å². The third-order valence-corrected chi connectivity index (χ3v) is 5.61. The van der Waals surface area contributed by atoms with Gasteiger partial charge in [0.25, 0.3) is 0 Å². The van der Waals surface area contributed by atoms with Crippen molar-refractivity contribution in [2.24, 2.45) is 5.41 Å². The lowest BCUT2D eigenvalue weighted by atomic mass is 9.86. The summed E-state index contributed by atoms with van der Waals surface area (Å²) in [5.74, 6) is 0. The Bertz CT molecular complexity index is 286. The molecule has 112 valence electrons. The first-order valence-corrected chi connectivity index (χ1v) is 8.18. The molecule has 0 radical (unpaired) electrons. The normalized spacial score (nSPS) is 35.4. The number of nitrogens with zero attached hydrogens (tertiary/aromatic N) is 2. The number of likely N-dealkylation sites (N-methyl/N-ethyl adjacent to an activating group) is 2. The van der Waals surface area contributed by atoms with Crippen molar-refractivity contribution in [3.05, 3.63) is 0 Å². The summed E-state index contributed by atoms with van der Waals surface area (Å²) >= 11 is 0. The molecule has 0 amide bonds. The molecule has 1 saturated heterocycles. The molecule has 3 atom stereocenters. The highest BCUT2D eigenvalue weighted by Crippen LogP contribution is 2.40. The number of likely N-dealkylation sites (tertiary alicyclic amines) is 1.